The second-order valence-electron chi connectivity index (χ2n) is 2.59. The highest BCUT2D eigenvalue weighted by Crippen LogP contribution is 2.16. The molecule has 0 atom stereocenters. The second kappa shape index (κ2) is 4.51. The summed E-state index contributed by atoms with van der Waals surface area (Å²) in [5.41, 5.74) is -1.12. The Bertz CT molecular complexity index is 354. The number of nitro groups is 1. The molecule has 0 aliphatic heterocycles. The molecule has 0 radical (unpaired) electrons. The molecule has 0 saturated carbocycles. The van der Waals surface area contributed by atoms with E-state index in [9.17, 15) is 14.9 Å². The molecule has 0 fully saturated rings. The molecule has 0 bridgehead atoms. The maximum Gasteiger partial charge on any atom is 0.363 e. The Morgan fingerprint density at radius 1 is 1.80 bits per heavy atom. The normalized spacial score (nSPS) is 10.2. The summed E-state index contributed by atoms with van der Waals surface area (Å²) in [5.74, 6) is -1.43. The molecule has 1 heterocycles. The van der Waals surface area contributed by atoms with Gasteiger partial charge in [0.25, 0.3) is 0 Å². The molecule has 82 valence electrons. The van der Waals surface area contributed by atoms with Crippen LogP contribution in [-0.4, -0.2) is 32.4 Å². The van der Waals surface area contributed by atoms with Crippen LogP contribution in [0.2, 0.25) is 0 Å². The summed E-state index contributed by atoms with van der Waals surface area (Å²) < 4.78 is 6.01. The maximum absolute atomic E-state index is 10.6. The number of nitrogens with zero attached hydrogens (tertiary/aromatic N) is 3. The smallest absolute Gasteiger partial charge is 0.363 e. The summed E-state index contributed by atoms with van der Waals surface area (Å²) in [6.45, 7) is 2.15. The molecule has 8 heteroatoms. The van der Waals surface area contributed by atoms with Gasteiger partial charge in [-0.1, -0.05) is 0 Å². The predicted octanol–water partition coefficient (Wildman–Crippen LogP) is 0.483. The van der Waals surface area contributed by atoms with Crippen LogP contribution in [0.4, 0.5) is 5.69 Å². The van der Waals surface area contributed by atoms with Crippen LogP contribution in [0.15, 0.2) is 6.20 Å². The van der Waals surface area contributed by atoms with Gasteiger partial charge in [-0.05, 0) is 6.92 Å². The van der Waals surface area contributed by atoms with Gasteiger partial charge in [0.05, 0.1) is 4.92 Å². The standard InChI is InChI=1S/C7H9N3O5/c1-2-15-4-9-3-5(10(13)14)6(8-9)7(11)12/h3H,2,4H2,1H3,(H,11,12). The van der Waals surface area contributed by atoms with Crippen LogP contribution in [0.25, 0.3) is 0 Å². The first kappa shape index (κ1) is 11.1. The fraction of sp³-hybridized carbons (Fsp3) is 0.429. The summed E-state index contributed by atoms with van der Waals surface area (Å²) >= 11 is 0. The summed E-state index contributed by atoms with van der Waals surface area (Å²) in [4.78, 5) is 20.3. The summed E-state index contributed by atoms with van der Waals surface area (Å²) in [7, 11) is 0. The van der Waals surface area contributed by atoms with Gasteiger partial charge in [-0.2, -0.15) is 5.10 Å². The predicted molar refractivity (Wildman–Crippen MR) is 47.5 cm³/mol. The zero-order valence-corrected chi connectivity index (χ0v) is 7.91. The topological polar surface area (TPSA) is 107 Å². The maximum atomic E-state index is 10.6. The van der Waals surface area contributed by atoms with Gasteiger partial charge in [0, 0.05) is 6.61 Å². The molecule has 0 aromatic carbocycles. The minimum atomic E-state index is -1.43. The third-order valence-corrected chi connectivity index (χ3v) is 1.57. The molecule has 1 rings (SSSR count). The average molecular weight is 215 g/mol. The van der Waals surface area contributed by atoms with Crippen molar-refractivity contribution in [2.24, 2.45) is 0 Å². The summed E-state index contributed by atoms with van der Waals surface area (Å²) in [6.07, 6.45) is 1.03. The molecule has 15 heavy (non-hydrogen) atoms. The number of carboxylic acid groups (broad SMARTS) is 1. The molecule has 1 N–H and O–H groups in total. The highest BCUT2D eigenvalue weighted by Gasteiger charge is 2.24. The number of aromatic carboxylic acids is 1. The number of rotatable bonds is 5. The van der Waals surface area contributed by atoms with E-state index in [-0.39, 0.29) is 6.73 Å². The first-order chi connectivity index (χ1) is 7.06. The zero-order chi connectivity index (χ0) is 11.4. The van der Waals surface area contributed by atoms with E-state index in [4.69, 9.17) is 9.84 Å². The minimum absolute atomic E-state index is 0.00931. The molecular weight excluding hydrogens is 206 g/mol. The first-order valence-corrected chi connectivity index (χ1v) is 4.09. The first-order valence-electron chi connectivity index (χ1n) is 4.09. The summed E-state index contributed by atoms with van der Waals surface area (Å²) in [5, 5.41) is 22.6. The highest BCUT2D eigenvalue weighted by molar-refractivity contribution is 5.89. The van der Waals surface area contributed by atoms with Crippen LogP contribution in [0.3, 0.4) is 0 Å². The Balaban J connectivity index is 2.98. The van der Waals surface area contributed by atoms with E-state index in [0.717, 1.165) is 10.9 Å². The monoisotopic (exact) mass is 215 g/mol. The van der Waals surface area contributed by atoms with Gasteiger partial charge < -0.3 is 9.84 Å². The third kappa shape index (κ3) is 2.50. The molecule has 0 aliphatic carbocycles. The fourth-order valence-corrected chi connectivity index (χ4v) is 0.948. The largest absolute Gasteiger partial charge is 0.476 e. The lowest BCUT2D eigenvalue weighted by atomic mass is 10.4. The van der Waals surface area contributed by atoms with Gasteiger partial charge in [0.2, 0.25) is 5.69 Å². The van der Waals surface area contributed by atoms with Gasteiger partial charge in [-0.15, -0.1) is 0 Å². The molecule has 0 unspecified atom stereocenters. The van der Waals surface area contributed by atoms with Gasteiger partial charge in [-0.25, -0.2) is 9.48 Å². The molecular formula is C7H9N3O5. The molecule has 8 nitrogen and oxygen atoms in total. The van der Waals surface area contributed by atoms with Crippen LogP contribution in [0.5, 0.6) is 0 Å². The SMILES string of the molecule is CCOCn1cc([N+](=O)[O-])c(C(=O)O)n1. The molecule has 0 spiro atoms. The fourth-order valence-electron chi connectivity index (χ4n) is 0.948. The number of ether oxygens (including phenoxy) is 1. The Labute approximate surface area is 84.2 Å². The van der Waals surface area contributed by atoms with E-state index >= 15 is 0 Å². The van der Waals surface area contributed by atoms with Crippen molar-refractivity contribution >= 4 is 11.7 Å². The van der Waals surface area contributed by atoms with Gasteiger partial charge in [0.15, 0.2) is 0 Å². The second-order valence-corrected chi connectivity index (χ2v) is 2.59. The van der Waals surface area contributed by atoms with Crippen molar-refractivity contribution < 1.29 is 19.6 Å². The Morgan fingerprint density at radius 3 is 2.87 bits per heavy atom. The lowest BCUT2D eigenvalue weighted by Crippen LogP contribution is -2.05. The van der Waals surface area contributed by atoms with Crippen molar-refractivity contribution in [1.29, 1.82) is 0 Å². The quantitative estimate of drug-likeness (QED) is 0.565. The van der Waals surface area contributed by atoms with E-state index in [1.54, 1.807) is 6.92 Å². The van der Waals surface area contributed by atoms with Crippen molar-refractivity contribution in [2.75, 3.05) is 6.61 Å². The zero-order valence-electron chi connectivity index (χ0n) is 7.91. The van der Waals surface area contributed by atoms with Crippen LogP contribution < -0.4 is 0 Å². The van der Waals surface area contributed by atoms with E-state index in [0.29, 0.717) is 6.61 Å². The number of carbonyl (C=O) groups is 1. The summed E-state index contributed by atoms with van der Waals surface area (Å²) in [6, 6.07) is 0. The van der Waals surface area contributed by atoms with Gasteiger partial charge >= 0.3 is 11.7 Å². The molecule has 1 aromatic rings. The van der Waals surface area contributed by atoms with Crippen molar-refractivity contribution in [3.8, 4) is 0 Å². The lowest BCUT2D eigenvalue weighted by Gasteiger charge is -1.98. The molecule has 0 aliphatic rings. The Kier molecular flexibility index (Phi) is 3.34. The number of carboxylic acids is 1. The number of hydrogen-bond donors (Lipinski definition) is 1. The average Bonchev–Trinajstić information content (AvgIpc) is 2.58. The lowest BCUT2D eigenvalue weighted by molar-refractivity contribution is -0.385. The van der Waals surface area contributed by atoms with Crippen molar-refractivity contribution in [3.63, 3.8) is 0 Å². The highest BCUT2D eigenvalue weighted by atomic mass is 16.6. The van der Waals surface area contributed by atoms with Gasteiger partial charge in [-0.3, -0.25) is 10.1 Å². The minimum Gasteiger partial charge on any atom is -0.476 e. The van der Waals surface area contributed by atoms with Crippen LogP contribution >= 0.6 is 0 Å². The number of hydrogen-bond acceptors (Lipinski definition) is 5. The van der Waals surface area contributed by atoms with Crippen LogP contribution in [-0.2, 0) is 11.5 Å². The molecule has 0 saturated heterocycles. The Morgan fingerprint density at radius 2 is 2.47 bits per heavy atom. The van der Waals surface area contributed by atoms with Crippen molar-refractivity contribution in [2.45, 2.75) is 13.7 Å². The molecule has 1 aromatic heterocycles. The molecule has 0 amide bonds. The van der Waals surface area contributed by atoms with Crippen molar-refractivity contribution in [3.05, 3.63) is 22.0 Å². The van der Waals surface area contributed by atoms with E-state index < -0.39 is 22.3 Å². The van der Waals surface area contributed by atoms with Crippen molar-refractivity contribution in [1.82, 2.24) is 9.78 Å². The third-order valence-electron chi connectivity index (χ3n) is 1.57. The van der Waals surface area contributed by atoms with Crippen LogP contribution in [0.1, 0.15) is 17.4 Å². The number of aromatic nitrogens is 2. The van der Waals surface area contributed by atoms with E-state index in [2.05, 4.69) is 5.10 Å². The van der Waals surface area contributed by atoms with Crippen LogP contribution in [0, 0.1) is 10.1 Å². The Hall–Kier alpha value is -1.96. The van der Waals surface area contributed by atoms with E-state index in [1.165, 1.54) is 0 Å². The van der Waals surface area contributed by atoms with Gasteiger partial charge in [0.1, 0.15) is 12.9 Å². The van der Waals surface area contributed by atoms with E-state index in [1.807, 2.05) is 0 Å².